The third kappa shape index (κ3) is 1.82. The van der Waals surface area contributed by atoms with Crippen LogP contribution in [0.2, 0.25) is 0 Å². The molecule has 3 heteroatoms. The van der Waals surface area contributed by atoms with Gasteiger partial charge in [0.05, 0.1) is 5.57 Å². The first-order valence-corrected chi connectivity index (χ1v) is 6.25. The van der Waals surface area contributed by atoms with Crippen molar-refractivity contribution in [3.05, 3.63) is 52.6 Å². The van der Waals surface area contributed by atoms with Crippen LogP contribution in [0, 0.1) is 0 Å². The van der Waals surface area contributed by atoms with Crippen molar-refractivity contribution in [2.24, 2.45) is 0 Å². The van der Waals surface area contributed by atoms with Crippen LogP contribution in [0.5, 0.6) is 0 Å². The number of carboxylic acids is 1. The van der Waals surface area contributed by atoms with E-state index in [-0.39, 0.29) is 0 Å². The first kappa shape index (κ1) is 11.1. The number of benzene rings is 1. The van der Waals surface area contributed by atoms with Gasteiger partial charge in [-0.2, -0.15) is 0 Å². The van der Waals surface area contributed by atoms with Crippen LogP contribution in [0.1, 0.15) is 24.0 Å². The highest BCUT2D eigenvalue weighted by Gasteiger charge is 2.21. The highest BCUT2D eigenvalue weighted by atomic mass is 16.4. The second-order valence-corrected chi connectivity index (χ2v) is 4.74. The van der Waals surface area contributed by atoms with Crippen LogP contribution in [-0.4, -0.2) is 17.6 Å². The van der Waals surface area contributed by atoms with Gasteiger partial charge in [-0.3, -0.25) is 0 Å². The Labute approximate surface area is 106 Å². The highest BCUT2D eigenvalue weighted by molar-refractivity contribution is 5.90. The number of rotatable bonds is 1. The topological polar surface area (TPSA) is 49.3 Å². The summed E-state index contributed by atoms with van der Waals surface area (Å²) >= 11 is 0. The third-order valence-electron chi connectivity index (χ3n) is 3.58. The van der Waals surface area contributed by atoms with Crippen LogP contribution in [0.4, 0.5) is 0 Å². The molecule has 0 bridgehead atoms. The first-order valence-electron chi connectivity index (χ1n) is 6.25. The smallest absolute Gasteiger partial charge is 0.333 e. The maximum atomic E-state index is 11.0. The van der Waals surface area contributed by atoms with Crippen molar-refractivity contribution in [3.8, 4) is 0 Å². The molecule has 92 valence electrons. The molecule has 0 amide bonds. The molecular formula is C15H15NO2. The van der Waals surface area contributed by atoms with Gasteiger partial charge in [-0.05, 0) is 36.5 Å². The molecule has 0 aromatic heterocycles. The summed E-state index contributed by atoms with van der Waals surface area (Å²) in [5.41, 5.74) is 5.28. The zero-order valence-electron chi connectivity index (χ0n) is 10.1. The van der Waals surface area contributed by atoms with Crippen molar-refractivity contribution in [1.82, 2.24) is 5.32 Å². The molecule has 3 rings (SSSR count). The maximum absolute atomic E-state index is 11.0. The Hall–Kier alpha value is -2.03. The Kier molecular flexibility index (Phi) is 2.67. The molecule has 18 heavy (non-hydrogen) atoms. The van der Waals surface area contributed by atoms with Gasteiger partial charge in [-0.25, -0.2) is 4.79 Å². The van der Waals surface area contributed by atoms with E-state index in [0.29, 0.717) is 12.1 Å². The lowest BCUT2D eigenvalue weighted by Gasteiger charge is -2.20. The van der Waals surface area contributed by atoms with Crippen molar-refractivity contribution in [2.45, 2.75) is 19.3 Å². The summed E-state index contributed by atoms with van der Waals surface area (Å²) in [7, 11) is 0. The normalized spacial score (nSPS) is 18.1. The molecule has 0 saturated heterocycles. The van der Waals surface area contributed by atoms with Crippen LogP contribution < -0.4 is 5.32 Å². The van der Waals surface area contributed by atoms with E-state index in [2.05, 4.69) is 23.5 Å². The number of aryl methyl sites for hydroxylation is 1. The minimum atomic E-state index is -0.827. The van der Waals surface area contributed by atoms with E-state index in [1.54, 1.807) is 0 Å². The molecule has 0 fully saturated rings. The minimum Gasteiger partial charge on any atom is -0.478 e. The van der Waals surface area contributed by atoms with Crippen molar-refractivity contribution in [1.29, 1.82) is 0 Å². The molecule has 2 aliphatic rings. The molecular weight excluding hydrogens is 226 g/mol. The van der Waals surface area contributed by atoms with Crippen LogP contribution in [0.15, 0.2) is 41.5 Å². The summed E-state index contributed by atoms with van der Waals surface area (Å²) in [6.45, 7) is 0.405. The van der Waals surface area contributed by atoms with Gasteiger partial charge in [0.1, 0.15) is 0 Å². The molecule has 1 heterocycles. The van der Waals surface area contributed by atoms with Crippen molar-refractivity contribution in [2.75, 3.05) is 6.54 Å². The van der Waals surface area contributed by atoms with Gasteiger partial charge in [0.25, 0.3) is 0 Å². The zero-order chi connectivity index (χ0) is 12.5. The number of fused-ring (bicyclic) bond motifs is 2. The molecule has 1 aliphatic carbocycles. The monoisotopic (exact) mass is 241 g/mol. The van der Waals surface area contributed by atoms with Crippen LogP contribution in [0.25, 0.3) is 5.70 Å². The van der Waals surface area contributed by atoms with E-state index < -0.39 is 5.97 Å². The van der Waals surface area contributed by atoms with Crippen molar-refractivity contribution >= 4 is 11.7 Å². The minimum absolute atomic E-state index is 0.405. The largest absolute Gasteiger partial charge is 0.478 e. The standard InChI is InChI=1S/C15H15NO2/c17-15(18)12-8-11-6-3-5-10-4-1-2-7-13(10)14(11)16-9-12/h1-2,4,7-8,16H,3,5-6,9H2,(H,17,18). The SMILES string of the molecule is O=C(O)C1=CC2=C(NC1)c1ccccc1CCC2. The molecule has 0 unspecified atom stereocenters. The molecule has 0 radical (unpaired) electrons. The third-order valence-corrected chi connectivity index (χ3v) is 3.58. The van der Waals surface area contributed by atoms with Crippen LogP contribution in [-0.2, 0) is 11.2 Å². The average molecular weight is 241 g/mol. The number of hydrogen-bond acceptors (Lipinski definition) is 2. The van der Waals surface area contributed by atoms with E-state index in [1.807, 2.05) is 12.1 Å². The number of carbonyl (C=O) groups is 1. The van der Waals surface area contributed by atoms with Crippen molar-refractivity contribution in [3.63, 3.8) is 0 Å². The summed E-state index contributed by atoms with van der Waals surface area (Å²) in [5.74, 6) is -0.827. The predicted molar refractivity (Wildman–Crippen MR) is 70.0 cm³/mol. The van der Waals surface area contributed by atoms with Crippen LogP contribution >= 0.6 is 0 Å². The summed E-state index contributed by atoms with van der Waals surface area (Å²) in [6, 6.07) is 8.37. The number of allylic oxidation sites excluding steroid dienone is 2. The Bertz CT molecular complexity index is 570. The number of nitrogens with one attached hydrogen (secondary N) is 1. The maximum Gasteiger partial charge on any atom is 0.333 e. The fraction of sp³-hybridized carbons (Fsp3) is 0.267. The average Bonchev–Trinajstić information content (AvgIpc) is 2.57. The fourth-order valence-corrected chi connectivity index (χ4v) is 2.68. The van der Waals surface area contributed by atoms with E-state index in [9.17, 15) is 4.79 Å². The van der Waals surface area contributed by atoms with Gasteiger partial charge < -0.3 is 10.4 Å². The Morgan fingerprint density at radius 3 is 2.89 bits per heavy atom. The van der Waals surface area contributed by atoms with Gasteiger partial charge in [0, 0.05) is 17.8 Å². The lowest BCUT2D eigenvalue weighted by atomic mass is 9.98. The Balaban J connectivity index is 2.11. The number of dihydropyridines is 1. The molecule has 2 N–H and O–H groups in total. The highest BCUT2D eigenvalue weighted by Crippen LogP contribution is 2.31. The van der Waals surface area contributed by atoms with Gasteiger partial charge in [0.2, 0.25) is 0 Å². The molecule has 0 saturated carbocycles. The predicted octanol–water partition coefficient (Wildman–Crippen LogP) is 2.35. The van der Waals surface area contributed by atoms with Gasteiger partial charge in [-0.1, -0.05) is 24.3 Å². The Morgan fingerprint density at radius 1 is 1.22 bits per heavy atom. The molecule has 1 aliphatic heterocycles. The second kappa shape index (κ2) is 4.33. The fourth-order valence-electron chi connectivity index (χ4n) is 2.68. The number of carboxylic acid groups (broad SMARTS) is 1. The van der Waals surface area contributed by atoms with Crippen LogP contribution in [0.3, 0.4) is 0 Å². The first-order chi connectivity index (χ1) is 8.75. The van der Waals surface area contributed by atoms with Crippen molar-refractivity contribution < 1.29 is 9.90 Å². The van der Waals surface area contributed by atoms with Gasteiger partial charge in [0.15, 0.2) is 0 Å². The summed E-state index contributed by atoms with van der Waals surface area (Å²) in [4.78, 5) is 11.0. The zero-order valence-corrected chi connectivity index (χ0v) is 10.1. The van der Waals surface area contributed by atoms with E-state index >= 15 is 0 Å². The molecule has 1 aromatic carbocycles. The summed E-state index contributed by atoms with van der Waals surface area (Å²) in [6.07, 6.45) is 4.91. The molecule has 0 spiro atoms. The number of aliphatic carboxylic acids is 1. The van der Waals surface area contributed by atoms with Gasteiger partial charge in [-0.15, -0.1) is 0 Å². The molecule has 1 aromatic rings. The summed E-state index contributed by atoms with van der Waals surface area (Å²) in [5, 5.41) is 12.3. The summed E-state index contributed by atoms with van der Waals surface area (Å²) < 4.78 is 0. The van der Waals surface area contributed by atoms with E-state index in [4.69, 9.17) is 5.11 Å². The molecule has 0 atom stereocenters. The van der Waals surface area contributed by atoms with E-state index in [1.165, 1.54) is 11.1 Å². The second-order valence-electron chi connectivity index (χ2n) is 4.74. The molecule has 3 nitrogen and oxygen atoms in total. The van der Waals surface area contributed by atoms with Gasteiger partial charge >= 0.3 is 5.97 Å². The lowest BCUT2D eigenvalue weighted by molar-refractivity contribution is -0.132. The van der Waals surface area contributed by atoms with E-state index in [0.717, 1.165) is 30.5 Å². The Morgan fingerprint density at radius 2 is 2.06 bits per heavy atom. The lowest BCUT2D eigenvalue weighted by Crippen LogP contribution is -2.24. The number of hydrogen-bond donors (Lipinski definition) is 2. The quantitative estimate of drug-likeness (QED) is 0.793.